The molecule has 3 N–H and O–H groups in total. The monoisotopic (exact) mass is 295 g/mol. The summed E-state index contributed by atoms with van der Waals surface area (Å²) in [7, 11) is 0. The molecular formula is C14H18ClN3O2. The zero-order chi connectivity index (χ0) is 13.2. The first kappa shape index (κ1) is 14.7. The molecule has 108 valence electrons. The standard InChI is InChI=1S/C14H17N3O2.ClH/c18-13-6-5-12(17-13)14(19)16-10-3-4-11-9(8-10)2-1-7-15-11;/h3-4,8,12,15H,1-2,5-7H2,(H,16,19)(H,17,18);1H. The lowest BCUT2D eigenvalue weighted by molar-refractivity contribution is -0.122. The van der Waals surface area contributed by atoms with Gasteiger partial charge in [-0.3, -0.25) is 9.59 Å². The van der Waals surface area contributed by atoms with Gasteiger partial charge in [0.25, 0.3) is 0 Å². The van der Waals surface area contributed by atoms with Crippen LogP contribution in [-0.4, -0.2) is 24.4 Å². The molecule has 0 aromatic heterocycles. The Morgan fingerprint density at radius 1 is 1.30 bits per heavy atom. The quantitative estimate of drug-likeness (QED) is 0.777. The topological polar surface area (TPSA) is 70.2 Å². The number of amides is 2. The summed E-state index contributed by atoms with van der Waals surface area (Å²) in [5.74, 6) is -0.177. The van der Waals surface area contributed by atoms with Crippen LogP contribution in [0.5, 0.6) is 0 Å². The number of hydrogen-bond donors (Lipinski definition) is 3. The second-order valence-corrected chi connectivity index (χ2v) is 5.05. The van der Waals surface area contributed by atoms with Crippen molar-refractivity contribution >= 4 is 35.6 Å². The largest absolute Gasteiger partial charge is 0.385 e. The molecule has 0 bridgehead atoms. The summed E-state index contributed by atoms with van der Waals surface area (Å²) in [4.78, 5) is 23.1. The number of anilines is 2. The van der Waals surface area contributed by atoms with Gasteiger partial charge in [0.2, 0.25) is 11.8 Å². The number of halogens is 1. The number of benzene rings is 1. The smallest absolute Gasteiger partial charge is 0.246 e. The zero-order valence-corrected chi connectivity index (χ0v) is 11.9. The molecule has 0 aliphatic carbocycles. The van der Waals surface area contributed by atoms with E-state index in [-0.39, 0.29) is 30.3 Å². The van der Waals surface area contributed by atoms with Gasteiger partial charge < -0.3 is 16.0 Å². The van der Waals surface area contributed by atoms with Crippen LogP contribution in [0.4, 0.5) is 11.4 Å². The van der Waals surface area contributed by atoms with Crippen LogP contribution in [0.25, 0.3) is 0 Å². The third kappa shape index (κ3) is 3.04. The number of hydrogen-bond acceptors (Lipinski definition) is 3. The number of nitrogens with one attached hydrogen (secondary N) is 3. The minimum atomic E-state index is -0.387. The third-order valence-corrected chi connectivity index (χ3v) is 3.62. The molecular weight excluding hydrogens is 278 g/mol. The maximum Gasteiger partial charge on any atom is 0.246 e. The lowest BCUT2D eigenvalue weighted by Gasteiger charge is -2.19. The molecule has 1 atom stereocenters. The van der Waals surface area contributed by atoms with Crippen molar-refractivity contribution in [1.29, 1.82) is 0 Å². The van der Waals surface area contributed by atoms with E-state index in [2.05, 4.69) is 16.0 Å². The lowest BCUT2D eigenvalue weighted by atomic mass is 10.0. The Balaban J connectivity index is 0.00000147. The van der Waals surface area contributed by atoms with Gasteiger partial charge in [0.05, 0.1) is 0 Å². The van der Waals surface area contributed by atoms with Crippen LogP contribution < -0.4 is 16.0 Å². The van der Waals surface area contributed by atoms with Crippen molar-refractivity contribution in [3.63, 3.8) is 0 Å². The predicted octanol–water partition coefficient (Wildman–Crippen LogP) is 1.68. The van der Waals surface area contributed by atoms with E-state index in [9.17, 15) is 9.59 Å². The number of aryl methyl sites for hydroxylation is 1. The zero-order valence-electron chi connectivity index (χ0n) is 11.1. The van der Waals surface area contributed by atoms with Crippen LogP contribution in [0.1, 0.15) is 24.8 Å². The molecule has 2 amide bonds. The highest BCUT2D eigenvalue weighted by atomic mass is 35.5. The molecule has 0 spiro atoms. The summed E-state index contributed by atoms with van der Waals surface area (Å²) in [5, 5.41) is 8.88. The first-order chi connectivity index (χ1) is 9.22. The van der Waals surface area contributed by atoms with Gasteiger partial charge in [0, 0.05) is 24.3 Å². The summed E-state index contributed by atoms with van der Waals surface area (Å²) in [5.41, 5.74) is 3.19. The molecule has 6 heteroatoms. The van der Waals surface area contributed by atoms with Crippen molar-refractivity contribution in [1.82, 2.24) is 5.32 Å². The van der Waals surface area contributed by atoms with Gasteiger partial charge in [-0.1, -0.05) is 0 Å². The fraction of sp³-hybridized carbons (Fsp3) is 0.429. The van der Waals surface area contributed by atoms with Gasteiger partial charge >= 0.3 is 0 Å². The van der Waals surface area contributed by atoms with Crippen LogP contribution >= 0.6 is 12.4 Å². The Morgan fingerprint density at radius 3 is 2.90 bits per heavy atom. The van der Waals surface area contributed by atoms with E-state index in [1.807, 2.05) is 18.2 Å². The van der Waals surface area contributed by atoms with E-state index in [0.29, 0.717) is 12.8 Å². The minimum absolute atomic E-state index is 0. The average Bonchev–Trinajstić information content (AvgIpc) is 2.85. The van der Waals surface area contributed by atoms with Gasteiger partial charge in [0.1, 0.15) is 6.04 Å². The van der Waals surface area contributed by atoms with Gasteiger partial charge in [-0.2, -0.15) is 0 Å². The molecule has 1 aromatic rings. The van der Waals surface area contributed by atoms with Crippen molar-refractivity contribution < 1.29 is 9.59 Å². The van der Waals surface area contributed by atoms with Crippen LogP contribution in [-0.2, 0) is 16.0 Å². The van der Waals surface area contributed by atoms with Crippen LogP contribution in [0.15, 0.2) is 18.2 Å². The molecule has 0 radical (unpaired) electrons. The minimum Gasteiger partial charge on any atom is -0.385 e. The van der Waals surface area contributed by atoms with E-state index in [4.69, 9.17) is 0 Å². The highest BCUT2D eigenvalue weighted by molar-refractivity contribution is 5.99. The number of carbonyl (C=O) groups excluding carboxylic acids is 2. The molecule has 1 aromatic carbocycles. The highest BCUT2D eigenvalue weighted by Crippen LogP contribution is 2.25. The van der Waals surface area contributed by atoms with Crippen molar-refractivity contribution in [2.24, 2.45) is 0 Å². The molecule has 2 aliphatic rings. The molecule has 0 saturated carbocycles. The summed E-state index contributed by atoms with van der Waals surface area (Å²) in [6, 6.07) is 5.51. The van der Waals surface area contributed by atoms with Crippen molar-refractivity contribution in [2.45, 2.75) is 31.7 Å². The normalized spacial score (nSPS) is 20.2. The van der Waals surface area contributed by atoms with Gasteiger partial charge in [0.15, 0.2) is 0 Å². The number of rotatable bonds is 2. The molecule has 1 fully saturated rings. The third-order valence-electron chi connectivity index (χ3n) is 3.62. The summed E-state index contributed by atoms with van der Waals surface area (Å²) >= 11 is 0. The van der Waals surface area contributed by atoms with E-state index < -0.39 is 0 Å². The Hall–Kier alpha value is -1.75. The van der Waals surface area contributed by atoms with Crippen molar-refractivity contribution in [3.8, 4) is 0 Å². The maximum atomic E-state index is 12.0. The Morgan fingerprint density at radius 2 is 2.15 bits per heavy atom. The van der Waals surface area contributed by atoms with Gasteiger partial charge in [-0.25, -0.2) is 0 Å². The molecule has 2 heterocycles. The molecule has 5 nitrogen and oxygen atoms in total. The average molecular weight is 296 g/mol. The summed E-state index contributed by atoms with van der Waals surface area (Å²) in [6.07, 6.45) is 3.17. The Kier molecular flexibility index (Phi) is 4.49. The number of fused-ring (bicyclic) bond motifs is 1. The Bertz CT molecular complexity index is 533. The molecule has 3 rings (SSSR count). The van der Waals surface area contributed by atoms with Crippen LogP contribution in [0.3, 0.4) is 0 Å². The highest BCUT2D eigenvalue weighted by Gasteiger charge is 2.27. The second kappa shape index (κ2) is 6.13. The van der Waals surface area contributed by atoms with Gasteiger partial charge in [-0.15, -0.1) is 12.4 Å². The van der Waals surface area contributed by atoms with E-state index >= 15 is 0 Å². The number of carbonyl (C=O) groups is 2. The Labute approximate surface area is 123 Å². The molecule has 1 saturated heterocycles. The summed E-state index contributed by atoms with van der Waals surface area (Å²) in [6.45, 7) is 1.01. The first-order valence-electron chi connectivity index (χ1n) is 6.69. The van der Waals surface area contributed by atoms with Crippen LogP contribution in [0, 0.1) is 0 Å². The molecule has 20 heavy (non-hydrogen) atoms. The first-order valence-corrected chi connectivity index (χ1v) is 6.69. The molecule has 2 aliphatic heterocycles. The molecule has 1 unspecified atom stereocenters. The fourth-order valence-electron chi connectivity index (χ4n) is 2.59. The van der Waals surface area contributed by atoms with E-state index in [0.717, 1.165) is 30.8 Å². The van der Waals surface area contributed by atoms with Crippen molar-refractivity contribution in [2.75, 3.05) is 17.2 Å². The van der Waals surface area contributed by atoms with Crippen LogP contribution in [0.2, 0.25) is 0 Å². The predicted molar refractivity (Wildman–Crippen MR) is 80.3 cm³/mol. The lowest BCUT2D eigenvalue weighted by Crippen LogP contribution is -2.37. The van der Waals surface area contributed by atoms with E-state index in [1.165, 1.54) is 5.56 Å². The SMILES string of the molecule is Cl.O=C1CCC(C(=O)Nc2ccc3c(c2)CCCN3)N1. The summed E-state index contributed by atoms with van der Waals surface area (Å²) < 4.78 is 0. The maximum absolute atomic E-state index is 12.0. The van der Waals surface area contributed by atoms with Gasteiger partial charge in [-0.05, 0) is 43.0 Å². The fourth-order valence-corrected chi connectivity index (χ4v) is 2.59. The van der Waals surface area contributed by atoms with Crippen molar-refractivity contribution in [3.05, 3.63) is 23.8 Å². The van der Waals surface area contributed by atoms with E-state index in [1.54, 1.807) is 0 Å². The second-order valence-electron chi connectivity index (χ2n) is 5.05.